The second-order valence-corrected chi connectivity index (χ2v) is 12.3. The van der Waals surface area contributed by atoms with Gasteiger partial charge in [0.25, 0.3) is 11.8 Å². The fraction of sp³-hybridized carbons (Fsp3) is 0.552. The van der Waals surface area contributed by atoms with E-state index in [1.165, 1.54) is 9.96 Å². The maximum absolute atomic E-state index is 13.0. The number of amides is 2. The van der Waals surface area contributed by atoms with Crippen LogP contribution in [0.2, 0.25) is 0 Å². The first-order valence-corrected chi connectivity index (χ1v) is 13.9. The van der Waals surface area contributed by atoms with Crippen LogP contribution in [-0.4, -0.2) is 82.1 Å². The molecule has 1 fully saturated rings. The fourth-order valence-corrected chi connectivity index (χ4v) is 6.32. The zero-order valence-electron chi connectivity index (χ0n) is 23.2. The van der Waals surface area contributed by atoms with E-state index in [0.29, 0.717) is 29.2 Å². The lowest BCUT2D eigenvalue weighted by Gasteiger charge is -2.50. The van der Waals surface area contributed by atoms with Crippen LogP contribution in [0.3, 0.4) is 0 Å². The minimum Gasteiger partial charge on any atom is -0.363 e. The van der Waals surface area contributed by atoms with E-state index in [4.69, 9.17) is 12.2 Å². The number of piperidine rings is 1. The van der Waals surface area contributed by atoms with Gasteiger partial charge in [-0.3, -0.25) is 14.5 Å². The Labute approximate surface area is 231 Å². The molecule has 2 aliphatic heterocycles. The Balaban J connectivity index is 1.17. The Hall–Kier alpha value is -2.59. The van der Waals surface area contributed by atoms with Gasteiger partial charge < -0.3 is 15.5 Å². The van der Waals surface area contributed by atoms with Crippen LogP contribution in [0.15, 0.2) is 36.4 Å². The molecule has 2 heterocycles. The van der Waals surface area contributed by atoms with Crippen molar-refractivity contribution < 1.29 is 14.8 Å². The molecule has 38 heavy (non-hydrogen) atoms. The molecular weight excluding hydrogens is 498 g/mol. The molecule has 0 aromatic heterocycles. The summed E-state index contributed by atoms with van der Waals surface area (Å²) in [6, 6.07) is 11.4. The molecule has 2 aromatic rings. The maximum atomic E-state index is 13.0. The quantitative estimate of drug-likeness (QED) is 0.284. The molecular formula is C29H40N5O3S. The number of hydrogen-bond acceptors (Lipinski definition) is 5. The average molecular weight is 539 g/mol. The average Bonchev–Trinajstić information content (AvgIpc) is 2.85. The molecule has 0 bridgehead atoms. The third-order valence-electron chi connectivity index (χ3n) is 7.71. The van der Waals surface area contributed by atoms with Crippen LogP contribution in [0.1, 0.15) is 74.1 Å². The van der Waals surface area contributed by atoms with Gasteiger partial charge in [-0.25, -0.2) is 0 Å². The Morgan fingerprint density at radius 3 is 2.11 bits per heavy atom. The number of thiocarbonyl (C=S) groups is 1. The lowest BCUT2D eigenvalue weighted by molar-refractivity contribution is -0.289. The Morgan fingerprint density at radius 1 is 0.974 bits per heavy atom. The summed E-state index contributed by atoms with van der Waals surface area (Å²) in [5.74, 6) is -0.417. The van der Waals surface area contributed by atoms with E-state index in [2.05, 4.69) is 15.5 Å². The highest BCUT2D eigenvalue weighted by Crippen LogP contribution is 2.37. The zero-order chi connectivity index (χ0) is 27.7. The fourth-order valence-electron chi connectivity index (χ4n) is 6.05. The topological polar surface area (TPSA) is 87.8 Å². The van der Waals surface area contributed by atoms with Crippen LogP contribution < -0.4 is 10.6 Å². The first-order chi connectivity index (χ1) is 17.9. The normalized spacial score (nSPS) is 19.3. The van der Waals surface area contributed by atoms with Crippen molar-refractivity contribution in [3.8, 4) is 0 Å². The van der Waals surface area contributed by atoms with Crippen LogP contribution >= 0.6 is 12.2 Å². The molecule has 2 amide bonds. The molecule has 2 aliphatic rings. The monoisotopic (exact) mass is 538 g/mol. The summed E-state index contributed by atoms with van der Waals surface area (Å²) < 4.78 is 0. The van der Waals surface area contributed by atoms with Gasteiger partial charge in [-0.15, -0.1) is 10.3 Å². The third kappa shape index (κ3) is 6.01. The number of carbonyl (C=O) groups excluding carboxylic acids is 2. The summed E-state index contributed by atoms with van der Waals surface area (Å²) in [5.41, 5.74) is 0.343. The van der Waals surface area contributed by atoms with Gasteiger partial charge in [0.2, 0.25) is 0 Å². The highest BCUT2D eigenvalue weighted by molar-refractivity contribution is 7.80. The van der Waals surface area contributed by atoms with Crippen LogP contribution in [0, 0.1) is 0 Å². The number of hydroxylamine groups is 2. The summed E-state index contributed by atoms with van der Waals surface area (Å²) in [6.07, 6.45) is 3.11. The van der Waals surface area contributed by atoms with Crippen molar-refractivity contribution in [3.05, 3.63) is 47.5 Å². The summed E-state index contributed by atoms with van der Waals surface area (Å²) >= 11 is 5.51. The second kappa shape index (κ2) is 11.3. The van der Waals surface area contributed by atoms with Crippen LogP contribution in [0.5, 0.6) is 0 Å². The molecule has 1 radical (unpaired) electrons. The third-order valence-corrected chi connectivity index (χ3v) is 7.97. The molecule has 8 nitrogen and oxygen atoms in total. The van der Waals surface area contributed by atoms with Crippen molar-refractivity contribution >= 4 is 39.9 Å². The molecule has 1 saturated heterocycles. The number of carbonyl (C=O) groups is 2. The summed E-state index contributed by atoms with van der Waals surface area (Å²) in [6.45, 7) is 10.7. The summed E-state index contributed by atoms with van der Waals surface area (Å²) in [7, 11) is 2.05. The van der Waals surface area contributed by atoms with E-state index in [1.807, 2.05) is 59.0 Å². The van der Waals surface area contributed by atoms with Crippen molar-refractivity contribution in [2.75, 3.05) is 33.2 Å². The van der Waals surface area contributed by atoms with Crippen molar-refractivity contribution in [2.24, 2.45) is 0 Å². The second-order valence-electron chi connectivity index (χ2n) is 11.9. The molecule has 0 spiro atoms. The SMILES string of the molecule is CN(CCCNC(=S)NC1CC(C)(C)N([O])C(C)(C)C1)CCCN1C(=O)c2cccc3cccc(c23)C1=O. The number of imide groups is 1. The Morgan fingerprint density at radius 2 is 1.53 bits per heavy atom. The van der Waals surface area contributed by atoms with Crippen LogP contribution in [0.25, 0.3) is 10.8 Å². The number of rotatable bonds is 9. The number of benzene rings is 2. The van der Waals surface area contributed by atoms with Gasteiger partial charge in [-0.2, -0.15) is 0 Å². The molecule has 0 atom stereocenters. The predicted molar refractivity (Wildman–Crippen MR) is 153 cm³/mol. The van der Waals surface area contributed by atoms with E-state index >= 15 is 0 Å². The van der Waals surface area contributed by atoms with Gasteiger partial charge in [0.05, 0.1) is 0 Å². The van der Waals surface area contributed by atoms with Gasteiger partial charge in [0, 0.05) is 46.7 Å². The van der Waals surface area contributed by atoms with Gasteiger partial charge in [-0.05, 0) is 103 Å². The first-order valence-electron chi connectivity index (χ1n) is 13.5. The van der Waals surface area contributed by atoms with Gasteiger partial charge in [0.1, 0.15) is 0 Å². The maximum Gasteiger partial charge on any atom is 0.261 e. The highest BCUT2D eigenvalue weighted by Gasteiger charge is 2.46. The molecule has 205 valence electrons. The minimum atomic E-state index is -0.433. The van der Waals surface area contributed by atoms with E-state index < -0.39 is 11.1 Å². The predicted octanol–water partition coefficient (Wildman–Crippen LogP) is 3.98. The van der Waals surface area contributed by atoms with Crippen LogP contribution in [-0.2, 0) is 5.21 Å². The standard InChI is InChI=1S/C29H40N5O3S/c1-28(2)18-21(19-29(3,4)34(28)37)31-27(38)30-14-8-15-32(5)16-9-17-33-25(35)22-12-6-10-20-11-7-13-23(24(20)22)26(33)36/h6-7,10-13,21H,8-9,14-19H2,1-5H3,(H2,30,31,38). The highest BCUT2D eigenvalue weighted by atomic mass is 32.1. The largest absolute Gasteiger partial charge is 0.363 e. The van der Waals surface area contributed by atoms with E-state index in [1.54, 1.807) is 12.1 Å². The first kappa shape index (κ1) is 28.4. The smallest absolute Gasteiger partial charge is 0.261 e. The zero-order valence-corrected chi connectivity index (χ0v) is 24.0. The van der Waals surface area contributed by atoms with Crippen molar-refractivity contribution in [1.82, 2.24) is 25.5 Å². The van der Waals surface area contributed by atoms with Crippen molar-refractivity contribution in [3.63, 3.8) is 0 Å². The lowest BCUT2D eigenvalue weighted by Crippen LogP contribution is -2.62. The molecule has 0 unspecified atom stereocenters. The van der Waals surface area contributed by atoms with E-state index in [9.17, 15) is 14.8 Å². The Bertz CT molecular complexity index is 1150. The molecule has 2 aromatic carbocycles. The summed E-state index contributed by atoms with van der Waals surface area (Å²) in [4.78, 5) is 29.7. The van der Waals surface area contributed by atoms with Gasteiger partial charge in [0.15, 0.2) is 5.11 Å². The molecule has 4 rings (SSSR count). The number of nitrogens with one attached hydrogen (secondary N) is 2. The van der Waals surface area contributed by atoms with Gasteiger partial charge in [-0.1, -0.05) is 24.3 Å². The number of nitrogens with zero attached hydrogens (tertiary/aromatic N) is 3. The van der Waals surface area contributed by atoms with E-state index in [0.717, 1.165) is 49.7 Å². The molecule has 2 N–H and O–H groups in total. The summed E-state index contributed by atoms with van der Waals surface area (Å²) in [5, 5.41) is 22.8. The van der Waals surface area contributed by atoms with Gasteiger partial charge >= 0.3 is 0 Å². The van der Waals surface area contributed by atoms with E-state index in [-0.39, 0.29) is 17.9 Å². The van der Waals surface area contributed by atoms with Crippen LogP contribution in [0.4, 0.5) is 0 Å². The minimum absolute atomic E-state index is 0.159. The molecule has 0 saturated carbocycles. The molecule has 0 aliphatic carbocycles. The number of hydrogen-bond donors (Lipinski definition) is 2. The Kier molecular flexibility index (Phi) is 8.42. The molecule has 9 heteroatoms. The lowest BCUT2D eigenvalue weighted by atomic mass is 9.79. The van der Waals surface area contributed by atoms with Crippen molar-refractivity contribution in [1.29, 1.82) is 0 Å². The van der Waals surface area contributed by atoms with Crippen molar-refractivity contribution in [2.45, 2.75) is 70.5 Å².